The monoisotopic (exact) mass is 586 g/mol. The van der Waals surface area contributed by atoms with Gasteiger partial charge in [-0.1, -0.05) is 24.3 Å². The van der Waals surface area contributed by atoms with Crippen molar-refractivity contribution in [1.29, 1.82) is 0 Å². The van der Waals surface area contributed by atoms with Crippen LogP contribution in [0, 0.1) is 12.3 Å². The number of alkyl halides is 2. The molecule has 3 fully saturated rings. The third-order valence-electron chi connectivity index (χ3n) is 8.64. The van der Waals surface area contributed by atoms with Crippen LogP contribution in [0.15, 0.2) is 36.4 Å². The van der Waals surface area contributed by atoms with Gasteiger partial charge >= 0.3 is 0 Å². The number of benzene rings is 2. The predicted octanol–water partition coefficient (Wildman–Crippen LogP) is 5.03. The van der Waals surface area contributed by atoms with E-state index in [2.05, 4.69) is 19.9 Å². The molecule has 9 nitrogen and oxygen atoms in total. The van der Waals surface area contributed by atoms with Gasteiger partial charge in [0.2, 0.25) is 16.0 Å². The standard InChI is InChI=1S/C29H36F2N6O3S/c1-20-18-25(34-27(32-20)37-14-10-29(30,31)11-15-37)33-26-22-5-3-2-4-21(22)23(35-41(39,40)17-16-38)19-24(26)36-12-8-28(6-7-28)9-13-36/h2-5,18-19,35,38H,6-17H2,1H3,(H,32,33,34). The largest absolute Gasteiger partial charge is 0.395 e. The minimum absolute atomic E-state index is 0.183. The highest BCUT2D eigenvalue weighted by atomic mass is 32.2. The molecule has 1 aromatic heterocycles. The molecule has 0 amide bonds. The first-order chi connectivity index (χ1) is 19.6. The molecule has 2 aliphatic heterocycles. The molecule has 3 heterocycles. The highest BCUT2D eigenvalue weighted by Crippen LogP contribution is 2.54. The Balaban J connectivity index is 1.41. The molecule has 1 saturated carbocycles. The fourth-order valence-corrected chi connectivity index (χ4v) is 6.83. The van der Waals surface area contributed by atoms with Crippen molar-refractivity contribution in [2.45, 2.75) is 51.4 Å². The SMILES string of the molecule is Cc1cc(Nc2c(N3CCC4(CC3)CC4)cc(NS(=O)(=O)CCO)c3ccccc23)nc(N2CCC(F)(F)CC2)n1. The smallest absolute Gasteiger partial charge is 0.251 e. The van der Waals surface area contributed by atoms with Gasteiger partial charge in [-0.2, -0.15) is 4.98 Å². The number of hydrogen-bond acceptors (Lipinski definition) is 8. The number of aromatic nitrogens is 2. The average molecular weight is 587 g/mol. The maximum atomic E-state index is 13.8. The summed E-state index contributed by atoms with van der Waals surface area (Å²) < 4.78 is 55.7. The Morgan fingerprint density at radius 3 is 2.24 bits per heavy atom. The van der Waals surface area contributed by atoms with Crippen molar-refractivity contribution in [3.8, 4) is 0 Å². The topological polar surface area (TPSA) is 111 Å². The van der Waals surface area contributed by atoms with Crippen LogP contribution in [0.4, 0.5) is 37.6 Å². The summed E-state index contributed by atoms with van der Waals surface area (Å²) in [5.41, 5.74) is 3.27. The number of aryl methyl sites for hydroxylation is 1. The van der Waals surface area contributed by atoms with E-state index in [1.807, 2.05) is 43.3 Å². The molecule has 3 N–H and O–H groups in total. The Morgan fingerprint density at radius 1 is 0.927 bits per heavy atom. The van der Waals surface area contributed by atoms with Crippen LogP contribution in [0.3, 0.4) is 0 Å². The van der Waals surface area contributed by atoms with Gasteiger partial charge in [0.25, 0.3) is 5.92 Å². The zero-order valence-electron chi connectivity index (χ0n) is 23.2. The summed E-state index contributed by atoms with van der Waals surface area (Å²) in [5.74, 6) is -2.10. The summed E-state index contributed by atoms with van der Waals surface area (Å²) in [4.78, 5) is 13.4. The number of rotatable bonds is 8. The van der Waals surface area contributed by atoms with Crippen LogP contribution in [0.5, 0.6) is 0 Å². The van der Waals surface area contributed by atoms with Crippen molar-refractivity contribution < 1.29 is 22.3 Å². The van der Waals surface area contributed by atoms with E-state index in [1.54, 1.807) is 4.90 Å². The van der Waals surface area contributed by atoms with Crippen LogP contribution >= 0.6 is 0 Å². The molecule has 3 aliphatic rings. The van der Waals surface area contributed by atoms with E-state index in [0.29, 0.717) is 33.9 Å². The Hall–Kier alpha value is -3.25. The van der Waals surface area contributed by atoms with Crippen LogP contribution < -0.4 is 19.8 Å². The van der Waals surface area contributed by atoms with Gasteiger partial charge < -0.3 is 20.2 Å². The second-order valence-corrected chi connectivity index (χ2v) is 13.5. The minimum atomic E-state index is -3.75. The number of sulfonamides is 1. The molecule has 12 heteroatoms. The number of piperidine rings is 2. The summed E-state index contributed by atoms with van der Waals surface area (Å²) in [5, 5.41) is 14.3. The first-order valence-electron chi connectivity index (χ1n) is 14.2. The number of anilines is 5. The molecule has 1 spiro atoms. The van der Waals surface area contributed by atoms with Crippen LogP contribution in [0.25, 0.3) is 10.8 Å². The molecule has 2 aromatic carbocycles. The zero-order valence-corrected chi connectivity index (χ0v) is 24.0. The van der Waals surface area contributed by atoms with Crippen LogP contribution in [0.2, 0.25) is 0 Å². The van der Waals surface area contributed by atoms with E-state index in [1.165, 1.54) is 12.8 Å². The van der Waals surface area contributed by atoms with Crippen LogP contribution in [-0.2, 0) is 10.0 Å². The van der Waals surface area contributed by atoms with E-state index in [-0.39, 0.29) is 25.9 Å². The summed E-state index contributed by atoms with van der Waals surface area (Å²) in [7, 11) is -3.75. The quantitative estimate of drug-likeness (QED) is 0.337. The maximum absolute atomic E-state index is 13.8. The van der Waals surface area contributed by atoms with E-state index < -0.39 is 28.3 Å². The molecule has 0 atom stereocenters. The number of halogens is 2. The van der Waals surface area contributed by atoms with Gasteiger partial charge in [0.05, 0.1) is 29.4 Å². The van der Waals surface area contributed by atoms with Crippen LogP contribution in [-0.4, -0.2) is 68.0 Å². The van der Waals surface area contributed by atoms with E-state index in [4.69, 9.17) is 4.98 Å². The van der Waals surface area contributed by atoms with E-state index >= 15 is 0 Å². The fraction of sp³-hybridized carbons (Fsp3) is 0.517. The summed E-state index contributed by atoms with van der Waals surface area (Å²) >= 11 is 0. The summed E-state index contributed by atoms with van der Waals surface area (Å²) in [6, 6.07) is 11.3. The average Bonchev–Trinajstić information content (AvgIpc) is 3.68. The van der Waals surface area contributed by atoms with E-state index in [9.17, 15) is 22.3 Å². The Kier molecular flexibility index (Phi) is 7.17. The molecule has 0 radical (unpaired) electrons. The van der Waals surface area contributed by atoms with Crippen molar-refractivity contribution in [3.63, 3.8) is 0 Å². The number of nitrogens with zero attached hydrogens (tertiary/aromatic N) is 4. The number of fused-ring (bicyclic) bond motifs is 1. The lowest BCUT2D eigenvalue weighted by Gasteiger charge is -2.36. The lowest BCUT2D eigenvalue weighted by atomic mass is 9.93. The van der Waals surface area contributed by atoms with Gasteiger partial charge in [0.15, 0.2) is 0 Å². The molecular formula is C29H36F2N6O3S. The lowest BCUT2D eigenvalue weighted by molar-refractivity contribution is -0.0222. The van der Waals surface area contributed by atoms with Crippen molar-refractivity contribution in [3.05, 3.63) is 42.1 Å². The Bertz CT molecular complexity index is 1540. The van der Waals surface area contributed by atoms with Crippen molar-refractivity contribution in [2.24, 2.45) is 5.41 Å². The highest BCUT2D eigenvalue weighted by molar-refractivity contribution is 7.92. The molecular weight excluding hydrogens is 550 g/mol. The summed E-state index contributed by atoms with van der Waals surface area (Å²) in [6.07, 6.45) is 4.24. The zero-order chi connectivity index (χ0) is 28.8. The number of nitrogens with one attached hydrogen (secondary N) is 2. The number of aliphatic hydroxyl groups is 1. The van der Waals surface area contributed by atoms with Gasteiger partial charge in [-0.05, 0) is 44.1 Å². The maximum Gasteiger partial charge on any atom is 0.251 e. The number of aliphatic hydroxyl groups excluding tert-OH is 1. The second-order valence-electron chi connectivity index (χ2n) is 11.7. The van der Waals surface area contributed by atoms with Gasteiger partial charge in [-0.15, -0.1) is 0 Å². The van der Waals surface area contributed by atoms with Gasteiger partial charge in [0, 0.05) is 61.6 Å². The molecule has 2 saturated heterocycles. The lowest BCUT2D eigenvalue weighted by Crippen LogP contribution is -2.40. The molecule has 220 valence electrons. The van der Waals surface area contributed by atoms with Crippen LogP contribution in [0.1, 0.15) is 44.2 Å². The van der Waals surface area contributed by atoms with Gasteiger partial charge in [-0.25, -0.2) is 22.2 Å². The fourth-order valence-electron chi connectivity index (χ4n) is 5.98. The first-order valence-corrected chi connectivity index (χ1v) is 15.9. The molecule has 3 aromatic rings. The highest BCUT2D eigenvalue weighted by Gasteiger charge is 2.44. The first kappa shape index (κ1) is 27.9. The van der Waals surface area contributed by atoms with Crippen molar-refractivity contribution in [1.82, 2.24) is 9.97 Å². The molecule has 41 heavy (non-hydrogen) atoms. The normalized spacial score (nSPS) is 19.9. The Labute approximate surface area is 239 Å². The Morgan fingerprint density at radius 2 is 1.59 bits per heavy atom. The third-order valence-corrected chi connectivity index (χ3v) is 9.90. The van der Waals surface area contributed by atoms with Crippen molar-refractivity contribution in [2.75, 3.05) is 58.4 Å². The van der Waals surface area contributed by atoms with Gasteiger partial charge in [0.1, 0.15) is 5.82 Å². The third kappa shape index (κ3) is 6.04. The predicted molar refractivity (Wildman–Crippen MR) is 158 cm³/mol. The molecule has 1 aliphatic carbocycles. The molecule has 0 unspecified atom stereocenters. The second kappa shape index (κ2) is 10.5. The minimum Gasteiger partial charge on any atom is -0.395 e. The summed E-state index contributed by atoms with van der Waals surface area (Å²) in [6.45, 7) is 3.45. The van der Waals surface area contributed by atoms with Gasteiger partial charge in [-0.3, -0.25) is 4.72 Å². The number of hydrogen-bond donors (Lipinski definition) is 3. The molecule has 0 bridgehead atoms. The molecule has 6 rings (SSSR count). The van der Waals surface area contributed by atoms with Crippen molar-refractivity contribution >= 4 is 49.6 Å². The van der Waals surface area contributed by atoms with E-state index in [0.717, 1.165) is 42.7 Å².